The van der Waals surface area contributed by atoms with Gasteiger partial charge in [-0.25, -0.2) is 25.0 Å². The van der Waals surface area contributed by atoms with Crippen LogP contribution in [0.3, 0.4) is 0 Å². The minimum Gasteiger partial charge on any atom is -0.224 e. The van der Waals surface area contributed by atoms with Gasteiger partial charge in [-0.05, 0) is 36.2 Å². The number of allylic oxidation sites excluding steroid dienone is 3. The molecule has 0 amide bonds. The molecule has 4 heteroatoms. The second-order valence-corrected chi connectivity index (χ2v) is 10.8. The molecule has 2 rings (SSSR count). The SMILES string of the molecule is CC(C)(C)c1ncnc(C2=CC(S(C)(C)C)=CC2)n1. The summed E-state index contributed by atoms with van der Waals surface area (Å²) in [6, 6.07) is 0. The number of hydrogen-bond donors (Lipinski definition) is 0. The third-order valence-electron chi connectivity index (χ3n) is 3.08. The molecule has 3 nitrogen and oxygen atoms in total. The second kappa shape index (κ2) is 4.75. The van der Waals surface area contributed by atoms with E-state index in [-0.39, 0.29) is 5.41 Å². The van der Waals surface area contributed by atoms with Gasteiger partial charge in [0.05, 0.1) is 0 Å². The number of rotatable bonds is 2. The van der Waals surface area contributed by atoms with E-state index >= 15 is 0 Å². The Morgan fingerprint density at radius 3 is 2.32 bits per heavy atom. The van der Waals surface area contributed by atoms with Crippen LogP contribution in [0.5, 0.6) is 0 Å². The zero-order valence-corrected chi connectivity index (χ0v) is 13.5. The maximum Gasteiger partial charge on any atom is 0.159 e. The summed E-state index contributed by atoms with van der Waals surface area (Å²) in [5.74, 6) is 1.68. The van der Waals surface area contributed by atoms with Gasteiger partial charge >= 0.3 is 0 Å². The summed E-state index contributed by atoms with van der Waals surface area (Å²) < 4.78 is 0. The molecule has 1 aromatic rings. The van der Waals surface area contributed by atoms with Gasteiger partial charge in [0.25, 0.3) is 0 Å². The Morgan fingerprint density at radius 1 is 1.11 bits per heavy atom. The van der Waals surface area contributed by atoms with Gasteiger partial charge < -0.3 is 0 Å². The molecule has 1 aliphatic rings. The van der Waals surface area contributed by atoms with Crippen LogP contribution in [-0.4, -0.2) is 33.7 Å². The highest BCUT2D eigenvalue weighted by Crippen LogP contribution is 2.49. The molecular formula is C15H23N3S. The molecular weight excluding hydrogens is 254 g/mol. The minimum atomic E-state index is -0.668. The molecule has 1 aliphatic carbocycles. The first-order valence-electron chi connectivity index (χ1n) is 6.47. The maximum atomic E-state index is 4.63. The molecule has 0 N–H and O–H groups in total. The first-order valence-corrected chi connectivity index (χ1v) is 9.33. The lowest BCUT2D eigenvalue weighted by atomic mass is 9.96. The molecule has 0 aliphatic heterocycles. The van der Waals surface area contributed by atoms with Crippen molar-refractivity contribution in [3.05, 3.63) is 35.0 Å². The van der Waals surface area contributed by atoms with Crippen molar-refractivity contribution >= 4 is 15.6 Å². The molecule has 0 atom stereocenters. The van der Waals surface area contributed by atoms with Gasteiger partial charge in [0.15, 0.2) is 5.82 Å². The lowest BCUT2D eigenvalue weighted by molar-refractivity contribution is 0.540. The van der Waals surface area contributed by atoms with Crippen LogP contribution in [0.15, 0.2) is 23.4 Å². The van der Waals surface area contributed by atoms with E-state index in [0.717, 1.165) is 18.1 Å². The van der Waals surface area contributed by atoms with Gasteiger partial charge in [0.1, 0.15) is 12.2 Å². The molecule has 0 unspecified atom stereocenters. The minimum absolute atomic E-state index is 0.0393. The Balaban J connectivity index is 2.31. The highest BCUT2D eigenvalue weighted by Gasteiger charge is 2.21. The zero-order valence-electron chi connectivity index (χ0n) is 12.7. The molecule has 0 fully saturated rings. The third kappa shape index (κ3) is 3.24. The van der Waals surface area contributed by atoms with E-state index in [1.54, 1.807) is 6.33 Å². The largest absolute Gasteiger partial charge is 0.224 e. The Kier molecular flexibility index (Phi) is 3.56. The first-order chi connectivity index (χ1) is 8.68. The van der Waals surface area contributed by atoms with Crippen LogP contribution >= 0.6 is 10.0 Å². The average Bonchev–Trinajstić information content (AvgIpc) is 2.77. The summed E-state index contributed by atoms with van der Waals surface area (Å²) in [5.41, 5.74) is 1.17. The van der Waals surface area contributed by atoms with Crippen molar-refractivity contribution < 1.29 is 0 Å². The van der Waals surface area contributed by atoms with Crippen molar-refractivity contribution in [3.8, 4) is 0 Å². The molecule has 104 valence electrons. The molecule has 19 heavy (non-hydrogen) atoms. The summed E-state index contributed by atoms with van der Waals surface area (Å²) in [6.45, 7) is 6.37. The van der Waals surface area contributed by atoms with Crippen LogP contribution in [0.1, 0.15) is 38.8 Å². The van der Waals surface area contributed by atoms with Gasteiger partial charge in [0, 0.05) is 11.0 Å². The predicted molar refractivity (Wildman–Crippen MR) is 84.6 cm³/mol. The highest BCUT2D eigenvalue weighted by molar-refractivity contribution is 8.35. The summed E-state index contributed by atoms with van der Waals surface area (Å²) in [6.07, 6.45) is 14.1. The third-order valence-corrected chi connectivity index (χ3v) is 4.78. The zero-order chi connectivity index (χ0) is 14.3. The predicted octanol–water partition coefficient (Wildman–Crippen LogP) is 3.53. The van der Waals surface area contributed by atoms with Crippen molar-refractivity contribution in [1.29, 1.82) is 0 Å². The van der Waals surface area contributed by atoms with Crippen molar-refractivity contribution in [2.45, 2.75) is 32.6 Å². The van der Waals surface area contributed by atoms with Crippen LogP contribution in [0.2, 0.25) is 0 Å². The van der Waals surface area contributed by atoms with Crippen LogP contribution in [0.4, 0.5) is 0 Å². The van der Waals surface area contributed by atoms with Crippen LogP contribution in [-0.2, 0) is 5.41 Å². The van der Waals surface area contributed by atoms with E-state index in [2.05, 4.69) is 66.6 Å². The van der Waals surface area contributed by atoms with Gasteiger partial charge in [-0.1, -0.05) is 26.8 Å². The smallest absolute Gasteiger partial charge is 0.159 e. The fraction of sp³-hybridized carbons (Fsp3) is 0.533. The van der Waals surface area contributed by atoms with E-state index < -0.39 is 10.0 Å². The molecule has 0 saturated heterocycles. The van der Waals surface area contributed by atoms with E-state index in [1.165, 1.54) is 10.5 Å². The van der Waals surface area contributed by atoms with Gasteiger partial charge in [-0.3, -0.25) is 0 Å². The van der Waals surface area contributed by atoms with Crippen LogP contribution in [0, 0.1) is 0 Å². The second-order valence-electron chi connectivity index (χ2n) is 6.70. The molecule has 0 aromatic carbocycles. The highest BCUT2D eigenvalue weighted by atomic mass is 32.3. The number of aromatic nitrogens is 3. The summed E-state index contributed by atoms with van der Waals surface area (Å²) >= 11 is 0. The van der Waals surface area contributed by atoms with E-state index in [4.69, 9.17) is 0 Å². The van der Waals surface area contributed by atoms with E-state index in [9.17, 15) is 0 Å². The maximum absolute atomic E-state index is 4.63. The summed E-state index contributed by atoms with van der Waals surface area (Å²) in [5, 5.41) is 0. The average molecular weight is 277 g/mol. The quantitative estimate of drug-likeness (QED) is 0.830. The van der Waals surface area contributed by atoms with E-state index in [1.807, 2.05) is 0 Å². The van der Waals surface area contributed by atoms with Crippen LogP contribution in [0.25, 0.3) is 5.57 Å². The van der Waals surface area contributed by atoms with Gasteiger partial charge in [-0.2, -0.15) is 0 Å². The first kappa shape index (κ1) is 14.3. The summed E-state index contributed by atoms with van der Waals surface area (Å²) in [7, 11) is -0.668. The Labute approximate surface area is 117 Å². The monoisotopic (exact) mass is 277 g/mol. The topological polar surface area (TPSA) is 38.7 Å². The Hall–Kier alpha value is -1.16. The molecule has 1 heterocycles. The molecule has 0 bridgehead atoms. The lowest BCUT2D eigenvalue weighted by Crippen LogP contribution is -2.17. The van der Waals surface area contributed by atoms with Crippen molar-refractivity contribution in [3.63, 3.8) is 0 Å². The molecule has 1 aromatic heterocycles. The fourth-order valence-electron chi connectivity index (χ4n) is 1.90. The Bertz CT molecular complexity index is 545. The molecule has 0 spiro atoms. The summed E-state index contributed by atoms with van der Waals surface area (Å²) in [4.78, 5) is 14.7. The lowest BCUT2D eigenvalue weighted by Gasteiger charge is -2.25. The van der Waals surface area contributed by atoms with Crippen molar-refractivity contribution in [1.82, 2.24) is 15.0 Å². The normalized spacial score (nSPS) is 17.2. The van der Waals surface area contributed by atoms with Gasteiger partial charge in [0.2, 0.25) is 0 Å². The number of hydrogen-bond acceptors (Lipinski definition) is 3. The van der Waals surface area contributed by atoms with Crippen LogP contribution < -0.4 is 0 Å². The van der Waals surface area contributed by atoms with E-state index in [0.29, 0.717) is 0 Å². The fourth-order valence-corrected chi connectivity index (χ4v) is 2.97. The number of nitrogens with zero attached hydrogens (tertiary/aromatic N) is 3. The standard InChI is InChI=1S/C15H23N3S/c1-15(2,3)14-17-10-16-13(18-14)11-7-8-12(9-11)19(4,5)6/h8-10H,7H2,1-6H3. The Morgan fingerprint density at radius 2 is 1.79 bits per heavy atom. The molecule has 0 saturated carbocycles. The van der Waals surface area contributed by atoms with Gasteiger partial charge in [-0.15, -0.1) is 0 Å². The molecule has 0 radical (unpaired) electrons. The van der Waals surface area contributed by atoms with Crippen molar-refractivity contribution in [2.24, 2.45) is 0 Å². The van der Waals surface area contributed by atoms with Crippen molar-refractivity contribution in [2.75, 3.05) is 18.8 Å².